The van der Waals surface area contributed by atoms with Crippen molar-refractivity contribution in [1.82, 2.24) is 9.38 Å². The number of aromatic nitrogens is 2. The second-order valence-electron chi connectivity index (χ2n) is 2.85. The largest absolute Gasteiger partial charge is 0.481 e. The van der Waals surface area contributed by atoms with Crippen molar-refractivity contribution in [3.63, 3.8) is 0 Å². The molecule has 0 radical (unpaired) electrons. The van der Waals surface area contributed by atoms with Crippen LogP contribution in [0.15, 0.2) is 16.2 Å². The highest BCUT2D eigenvalue weighted by Gasteiger charge is 2.06. The number of carboxylic acids is 1. The van der Waals surface area contributed by atoms with Crippen molar-refractivity contribution >= 4 is 50.6 Å². The average molecular weight is 312 g/mol. The van der Waals surface area contributed by atoms with Gasteiger partial charge in [0.25, 0.3) is 0 Å². The van der Waals surface area contributed by atoms with Gasteiger partial charge < -0.3 is 5.11 Å². The van der Waals surface area contributed by atoms with E-state index in [0.29, 0.717) is 6.42 Å². The second-order valence-corrected chi connectivity index (χ2v) is 5.24. The number of hydrogen-bond donors (Lipinski definition) is 1. The molecule has 0 bridgehead atoms. The molecule has 0 atom stereocenters. The molecular weight excluding hydrogens is 304 g/mol. The Morgan fingerprint density at radius 1 is 1.60 bits per heavy atom. The summed E-state index contributed by atoms with van der Waals surface area (Å²) >= 11 is 4.88. The lowest BCUT2D eigenvalue weighted by molar-refractivity contribution is -0.136. The quantitative estimate of drug-likeness (QED) is 0.948. The molecule has 1 N–H and O–H groups in total. The molecule has 0 aromatic carbocycles. The van der Waals surface area contributed by atoms with Crippen molar-refractivity contribution in [2.24, 2.45) is 0 Å². The third-order valence-corrected chi connectivity index (χ3v) is 3.25. The number of halogens is 2. The predicted octanol–water partition coefficient (Wildman–Crippen LogP) is 2.60. The van der Waals surface area contributed by atoms with Crippen LogP contribution in [-0.2, 0) is 11.2 Å². The molecule has 2 aromatic rings. The molecule has 2 aromatic heterocycles. The maximum atomic E-state index is 10.3. The lowest BCUT2D eigenvalue weighted by Crippen LogP contribution is -1.97. The summed E-state index contributed by atoms with van der Waals surface area (Å²) in [5.74, 6) is -0.789. The SMILES string of the molecule is Cl.O=C(O)CCc1cn2cc(Br)sc2n1. The number of imidazole rings is 1. The minimum absolute atomic E-state index is 0. The third-order valence-electron chi connectivity index (χ3n) is 1.77. The molecule has 7 heteroatoms. The number of carbonyl (C=O) groups is 1. The third kappa shape index (κ3) is 2.93. The minimum Gasteiger partial charge on any atom is -0.481 e. The normalized spacial score (nSPS) is 10.2. The smallest absolute Gasteiger partial charge is 0.303 e. The summed E-state index contributed by atoms with van der Waals surface area (Å²) in [4.78, 5) is 15.5. The van der Waals surface area contributed by atoms with Crippen LogP contribution in [-0.4, -0.2) is 20.5 Å². The van der Waals surface area contributed by atoms with E-state index in [-0.39, 0.29) is 18.8 Å². The van der Waals surface area contributed by atoms with Crippen LogP contribution in [0.5, 0.6) is 0 Å². The molecule has 0 aliphatic carbocycles. The Hall–Kier alpha value is -0.590. The molecule has 0 fully saturated rings. The summed E-state index contributed by atoms with van der Waals surface area (Å²) in [6, 6.07) is 0. The molecule has 0 aliphatic rings. The van der Waals surface area contributed by atoms with Crippen LogP contribution in [0.3, 0.4) is 0 Å². The number of hydrogen-bond acceptors (Lipinski definition) is 3. The number of aliphatic carboxylic acids is 1. The Morgan fingerprint density at radius 2 is 2.33 bits per heavy atom. The Kier molecular flexibility index (Phi) is 4.12. The van der Waals surface area contributed by atoms with E-state index < -0.39 is 5.97 Å². The van der Waals surface area contributed by atoms with Crippen molar-refractivity contribution in [2.45, 2.75) is 12.8 Å². The highest BCUT2D eigenvalue weighted by atomic mass is 79.9. The number of rotatable bonds is 3. The van der Waals surface area contributed by atoms with Crippen molar-refractivity contribution < 1.29 is 9.90 Å². The first-order valence-corrected chi connectivity index (χ1v) is 5.61. The zero-order valence-electron chi connectivity index (χ0n) is 7.51. The summed E-state index contributed by atoms with van der Waals surface area (Å²) in [7, 11) is 0. The summed E-state index contributed by atoms with van der Waals surface area (Å²) in [6.45, 7) is 0. The van der Waals surface area contributed by atoms with Crippen LogP contribution in [0, 0.1) is 0 Å². The van der Waals surface area contributed by atoms with Gasteiger partial charge in [-0.1, -0.05) is 11.3 Å². The predicted molar refractivity (Wildman–Crippen MR) is 64.0 cm³/mol. The Bertz CT molecular complexity index is 450. The van der Waals surface area contributed by atoms with Gasteiger partial charge in [0, 0.05) is 18.8 Å². The molecule has 0 unspecified atom stereocenters. The maximum Gasteiger partial charge on any atom is 0.303 e. The summed E-state index contributed by atoms with van der Waals surface area (Å²) in [6.07, 6.45) is 4.39. The van der Waals surface area contributed by atoms with Gasteiger partial charge in [0.05, 0.1) is 15.9 Å². The Labute approximate surface area is 104 Å². The fourth-order valence-corrected chi connectivity index (χ4v) is 2.54. The van der Waals surface area contributed by atoms with Gasteiger partial charge in [0.15, 0.2) is 4.96 Å². The maximum absolute atomic E-state index is 10.3. The van der Waals surface area contributed by atoms with Gasteiger partial charge in [0.1, 0.15) is 0 Å². The van der Waals surface area contributed by atoms with E-state index >= 15 is 0 Å². The first-order valence-electron chi connectivity index (χ1n) is 4.00. The number of carboxylic acid groups (broad SMARTS) is 1. The standard InChI is InChI=1S/C8H7BrN2O2S.ClH/c9-6-4-11-3-5(1-2-7(12)13)10-8(11)14-6;/h3-4H,1-2H2,(H,12,13);1H. The highest BCUT2D eigenvalue weighted by molar-refractivity contribution is 9.11. The van der Waals surface area contributed by atoms with Crippen LogP contribution >= 0.6 is 39.7 Å². The topological polar surface area (TPSA) is 54.6 Å². The van der Waals surface area contributed by atoms with Gasteiger partial charge in [-0.25, -0.2) is 4.98 Å². The van der Waals surface area contributed by atoms with E-state index in [9.17, 15) is 4.79 Å². The average Bonchev–Trinajstić information content (AvgIpc) is 2.57. The molecular formula is C8H8BrClN2O2S. The van der Waals surface area contributed by atoms with Crippen LogP contribution < -0.4 is 0 Å². The molecule has 0 saturated carbocycles. The van der Waals surface area contributed by atoms with E-state index in [1.165, 1.54) is 11.3 Å². The van der Waals surface area contributed by atoms with E-state index in [2.05, 4.69) is 20.9 Å². The number of nitrogens with zero attached hydrogens (tertiary/aromatic N) is 2. The van der Waals surface area contributed by atoms with Gasteiger partial charge in [-0.15, -0.1) is 12.4 Å². The van der Waals surface area contributed by atoms with E-state index in [4.69, 9.17) is 5.11 Å². The lowest BCUT2D eigenvalue weighted by atomic mass is 10.2. The number of fused-ring (bicyclic) bond motifs is 1. The lowest BCUT2D eigenvalue weighted by Gasteiger charge is -1.89. The van der Waals surface area contributed by atoms with Crippen LogP contribution in [0.4, 0.5) is 0 Å². The number of aryl methyl sites for hydroxylation is 1. The van der Waals surface area contributed by atoms with Crippen molar-refractivity contribution in [1.29, 1.82) is 0 Å². The van der Waals surface area contributed by atoms with Gasteiger partial charge in [0.2, 0.25) is 0 Å². The van der Waals surface area contributed by atoms with E-state index in [1.807, 2.05) is 16.8 Å². The van der Waals surface area contributed by atoms with Gasteiger partial charge in [-0.2, -0.15) is 0 Å². The number of thiazole rings is 1. The highest BCUT2D eigenvalue weighted by Crippen LogP contribution is 2.22. The van der Waals surface area contributed by atoms with Crippen molar-refractivity contribution in [2.75, 3.05) is 0 Å². The molecule has 0 saturated heterocycles. The second kappa shape index (κ2) is 4.96. The molecule has 0 spiro atoms. The van der Waals surface area contributed by atoms with Crippen molar-refractivity contribution in [3.8, 4) is 0 Å². The molecule has 82 valence electrons. The monoisotopic (exact) mass is 310 g/mol. The van der Waals surface area contributed by atoms with Crippen molar-refractivity contribution in [3.05, 3.63) is 21.9 Å². The van der Waals surface area contributed by atoms with Crippen LogP contribution in [0.1, 0.15) is 12.1 Å². The summed E-state index contributed by atoms with van der Waals surface area (Å²) in [5, 5.41) is 8.50. The summed E-state index contributed by atoms with van der Waals surface area (Å²) < 4.78 is 2.91. The molecule has 0 amide bonds. The Morgan fingerprint density at radius 3 is 2.93 bits per heavy atom. The first-order chi connectivity index (χ1) is 6.65. The molecule has 0 aliphatic heterocycles. The van der Waals surface area contributed by atoms with Gasteiger partial charge >= 0.3 is 5.97 Å². The van der Waals surface area contributed by atoms with Gasteiger partial charge in [-0.05, 0) is 15.9 Å². The van der Waals surface area contributed by atoms with Crippen LogP contribution in [0.25, 0.3) is 4.96 Å². The zero-order chi connectivity index (χ0) is 10.1. The zero-order valence-corrected chi connectivity index (χ0v) is 10.7. The van der Waals surface area contributed by atoms with Crippen LogP contribution in [0.2, 0.25) is 0 Å². The molecule has 4 nitrogen and oxygen atoms in total. The van der Waals surface area contributed by atoms with E-state index in [0.717, 1.165) is 14.4 Å². The molecule has 2 rings (SSSR count). The fourth-order valence-electron chi connectivity index (χ4n) is 1.17. The Balaban J connectivity index is 0.00000112. The summed E-state index contributed by atoms with van der Waals surface area (Å²) in [5.41, 5.74) is 0.825. The molecule has 15 heavy (non-hydrogen) atoms. The fraction of sp³-hybridized carbons (Fsp3) is 0.250. The minimum atomic E-state index is -0.789. The first kappa shape index (κ1) is 12.5. The van der Waals surface area contributed by atoms with E-state index in [1.54, 1.807) is 0 Å². The van der Waals surface area contributed by atoms with Gasteiger partial charge in [-0.3, -0.25) is 9.20 Å². The molecule has 2 heterocycles.